The third-order valence-corrected chi connectivity index (χ3v) is 8.96. The smallest absolute Gasteiger partial charge is 0.419 e. The summed E-state index contributed by atoms with van der Waals surface area (Å²) >= 11 is 0. The summed E-state index contributed by atoms with van der Waals surface area (Å²) in [7, 11) is 7.31. The number of hydrogen-bond acceptors (Lipinski definition) is 7. The van der Waals surface area contributed by atoms with Crippen molar-refractivity contribution in [2.75, 3.05) is 33.6 Å². The third kappa shape index (κ3) is 8.16. The van der Waals surface area contributed by atoms with E-state index < -0.39 is 11.7 Å². The second-order valence-corrected chi connectivity index (χ2v) is 12.0. The highest BCUT2D eigenvalue weighted by Gasteiger charge is 2.38. The molecular formula is C31H43F3N6O3. The average Bonchev–Trinajstić information content (AvgIpc) is 2.97. The van der Waals surface area contributed by atoms with Crippen molar-refractivity contribution in [2.45, 2.75) is 89.0 Å². The van der Waals surface area contributed by atoms with Gasteiger partial charge in [-0.05, 0) is 83.2 Å². The Kier molecular flexibility index (Phi) is 10.5. The Labute approximate surface area is 251 Å². The minimum Gasteiger partial charge on any atom is -0.495 e. The summed E-state index contributed by atoms with van der Waals surface area (Å²) in [5.41, 5.74) is -0.156. The lowest BCUT2D eigenvalue weighted by atomic mass is 9.80. The van der Waals surface area contributed by atoms with Crippen LogP contribution >= 0.6 is 0 Å². The summed E-state index contributed by atoms with van der Waals surface area (Å²) < 4.78 is 47.5. The lowest BCUT2D eigenvalue weighted by Crippen LogP contribution is -2.43. The fraction of sp³-hybridized carbons (Fsp3) is 0.613. The van der Waals surface area contributed by atoms with Crippen molar-refractivity contribution in [3.63, 3.8) is 0 Å². The molecule has 0 aliphatic heterocycles. The molecule has 0 bridgehead atoms. The zero-order chi connectivity index (χ0) is 31.3. The fourth-order valence-corrected chi connectivity index (χ4v) is 6.35. The highest BCUT2D eigenvalue weighted by atomic mass is 19.4. The Bertz CT molecular complexity index is 1280. The maximum absolute atomic E-state index is 14.0. The van der Waals surface area contributed by atoms with Crippen molar-refractivity contribution >= 4 is 23.5 Å². The minimum atomic E-state index is -4.62. The van der Waals surface area contributed by atoms with Crippen molar-refractivity contribution < 1.29 is 27.5 Å². The topological polar surface area (TPSA) is 99.7 Å². The number of halogens is 3. The van der Waals surface area contributed by atoms with Gasteiger partial charge in [-0.2, -0.15) is 13.2 Å². The van der Waals surface area contributed by atoms with Crippen LogP contribution in [-0.4, -0.2) is 78.0 Å². The number of hydrogen-bond donors (Lipinski definition) is 2. The Hall–Kier alpha value is -3.41. The predicted molar refractivity (Wildman–Crippen MR) is 158 cm³/mol. The van der Waals surface area contributed by atoms with Gasteiger partial charge in [0.25, 0.3) is 5.91 Å². The number of nitrogens with one attached hydrogen (secondary N) is 2. The van der Waals surface area contributed by atoms with E-state index in [0.29, 0.717) is 29.5 Å². The van der Waals surface area contributed by atoms with E-state index in [-0.39, 0.29) is 47.9 Å². The van der Waals surface area contributed by atoms with Crippen LogP contribution in [0.1, 0.15) is 79.9 Å². The predicted octanol–water partition coefficient (Wildman–Crippen LogP) is 5.43. The number of amides is 2. The van der Waals surface area contributed by atoms with Crippen molar-refractivity contribution in [3.05, 3.63) is 41.2 Å². The molecule has 0 saturated heterocycles. The van der Waals surface area contributed by atoms with Crippen LogP contribution in [0.25, 0.3) is 0 Å². The summed E-state index contributed by atoms with van der Waals surface area (Å²) in [6, 6.07) is 5.35. The van der Waals surface area contributed by atoms with Gasteiger partial charge in [-0.3, -0.25) is 9.59 Å². The lowest BCUT2D eigenvalue weighted by molar-refractivity contribution is -0.139. The molecule has 1 heterocycles. The Balaban J connectivity index is 1.51. The van der Waals surface area contributed by atoms with Crippen LogP contribution in [0.5, 0.6) is 5.75 Å². The minimum absolute atomic E-state index is 0.0107. The summed E-state index contributed by atoms with van der Waals surface area (Å²) in [6.07, 6.45) is 3.37. The molecule has 1 aromatic carbocycles. The van der Waals surface area contributed by atoms with Gasteiger partial charge < -0.3 is 25.2 Å². The maximum atomic E-state index is 14.0. The standard InChI is InChI=1S/C31H43F3N6O3/c1-19(41)40(4)27-9-7-6-8-20(27)16-26-24(31(32,33)34)18-35-30(38-26)37-25-15-10-21(17-28(25)43-5)29(42)36-22-11-13-23(14-12-22)39(2)3/h10,15,17-18,20,22-23,27H,6-9,11-14,16H2,1-5H3,(H,36,42)(H,35,37,38)/t20-,22?,23?,27+/m0/s1. The van der Waals surface area contributed by atoms with Gasteiger partial charge in [0.2, 0.25) is 11.9 Å². The SMILES string of the molecule is COc1cc(C(=O)NC2CCC(N(C)C)CC2)ccc1Nc1ncc(C(F)(F)F)c(C[C@@H]2CCCC[C@H]2N(C)C(C)=O)n1. The molecule has 9 nitrogen and oxygen atoms in total. The number of carbonyl (C=O) groups is 2. The molecular weight excluding hydrogens is 561 g/mol. The molecule has 2 N–H and O–H groups in total. The lowest BCUT2D eigenvalue weighted by Gasteiger charge is -2.37. The molecule has 0 radical (unpaired) electrons. The van der Waals surface area contributed by atoms with Crippen LogP contribution < -0.4 is 15.4 Å². The molecule has 236 valence electrons. The first-order chi connectivity index (χ1) is 20.4. The first-order valence-electron chi connectivity index (χ1n) is 15.0. The number of alkyl halides is 3. The Morgan fingerprint density at radius 1 is 1.05 bits per heavy atom. The number of methoxy groups -OCH3 is 1. The van der Waals surface area contributed by atoms with Crippen molar-refractivity contribution in [1.29, 1.82) is 0 Å². The van der Waals surface area contributed by atoms with E-state index in [9.17, 15) is 22.8 Å². The molecule has 0 unspecified atom stereocenters. The molecule has 2 atom stereocenters. The van der Waals surface area contributed by atoms with Gasteiger partial charge in [-0.15, -0.1) is 0 Å². The highest BCUT2D eigenvalue weighted by molar-refractivity contribution is 5.95. The number of anilines is 2. The van der Waals surface area contributed by atoms with Gasteiger partial charge in [0.15, 0.2) is 0 Å². The quantitative estimate of drug-likeness (QED) is 0.394. The molecule has 2 fully saturated rings. The van der Waals surface area contributed by atoms with Crippen LogP contribution in [0.2, 0.25) is 0 Å². The van der Waals surface area contributed by atoms with Crippen LogP contribution in [0.3, 0.4) is 0 Å². The van der Waals surface area contributed by atoms with E-state index in [1.54, 1.807) is 30.1 Å². The number of carbonyl (C=O) groups excluding carboxylic acids is 2. The summed E-state index contributed by atoms with van der Waals surface area (Å²) in [6.45, 7) is 1.47. The third-order valence-electron chi connectivity index (χ3n) is 8.96. The largest absolute Gasteiger partial charge is 0.495 e. The number of benzene rings is 1. The van der Waals surface area contributed by atoms with Gasteiger partial charge in [0.1, 0.15) is 5.75 Å². The van der Waals surface area contributed by atoms with Crippen LogP contribution in [-0.2, 0) is 17.4 Å². The molecule has 2 aromatic rings. The molecule has 2 saturated carbocycles. The highest BCUT2D eigenvalue weighted by Crippen LogP contribution is 2.37. The summed E-state index contributed by atoms with van der Waals surface area (Å²) in [5.74, 6) is -0.146. The molecule has 2 aliphatic rings. The van der Waals surface area contributed by atoms with Crippen LogP contribution in [0.4, 0.5) is 24.8 Å². The van der Waals surface area contributed by atoms with Gasteiger partial charge in [0.05, 0.1) is 24.1 Å². The first-order valence-corrected chi connectivity index (χ1v) is 15.0. The zero-order valence-electron chi connectivity index (χ0n) is 25.6. The normalized spacial score (nSPS) is 22.6. The van der Waals surface area contributed by atoms with Crippen LogP contribution in [0, 0.1) is 5.92 Å². The Morgan fingerprint density at radius 2 is 1.74 bits per heavy atom. The van der Waals surface area contributed by atoms with E-state index in [1.807, 2.05) is 0 Å². The average molecular weight is 605 g/mol. The van der Waals surface area contributed by atoms with Crippen molar-refractivity contribution in [1.82, 2.24) is 25.1 Å². The molecule has 2 amide bonds. The molecule has 2 aliphatic carbocycles. The van der Waals surface area contributed by atoms with E-state index in [1.165, 1.54) is 14.0 Å². The van der Waals surface area contributed by atoms with E-state index >= 15 is 0 Å². The number of ether oxygens (including phenoxy) is 1. The fourth-order valence-electron chi connectivity index (χ4n) is 6.35. The van der Waals surface area contributed by atoms with E-state index in [4.69, 9.17) is 4.74 Å². The maximum Gasteiger partial charge on any atom is 0.419 e. The van der Waals surface area contributed by atoms with Gasteiger partial charge >= 0.3 is 6.18 Å². The zero-order valence-corrected chi connectivity index (χ0v) is 25.6. The number of nitrogens with zero attached hydrogens (tertiary/aromatic N) is 4. The van der Waals surface area contributed by atoms with Gasteiger partial charge in [-0.25, -0.2) is 9.97 Å². The first kappa shape index (κ1) is 32.5. The van der Waals surface area contributed by atoms with Gasteiger partial charge in [0, 0.05) is 43.9 Å². The molecule has 43 heavy (non-hydrogen) atoms. The molecule has 1 aromatic heterocycles. The van der Waals surface area contributed by atoms with Crippen LogP contribution in [0.15, 0.2) is 24.4 Å². The number of rotatable bonds is 9. The molecule has 0 spiro atoms. The van der Waals surface area contributed by atoms with Gasteiger partial charge in [-0.1, -0.05) is 12.8 Å². The summed E-state index contributed by atoms with van der Waals surface area (Å²) in [4.78, 5) is 37.2. The number of aromatic nitrogens is 2. The Morgan fingerprint density at radius 3 is 2.37 bits per heavy atom. The molecule has 12 heteroatoms. The summed E-state index contributed by atoms with van der Waals surface area (Å²) in [5, 5.41) is 6.09. The second-order valence-electron chi connectivity index (χ2n) is 12.0. The second kappa shape index (κ2) is 13.9. The van der Waals surface area contributed by atoms with Crippen molar-refractivity contribution in [3.8, 4) is 5.75 Å². The monoisotopic (exact) mass is 604 g/mol. The van der Waals surface area contributed by atoms with E-state index in [2.05, 4.69) is 39.6 Å². The molecule has 4 rings (SSSR count). The van der Waals surface area contributed by atoms with Crippen molar-refractivity contribution in [2.24, 2.45) is 5.92 Å². The van der Waals surface area contributed by atoms with E-state index in [0.717, 1.165) is 51.1 Å².